The Balaban J connectivity index is 4.64. The van der Waals surface area contributed by atoms with Gasteiger partial charge in [0.15, 0.2) is 8.32 Å². The van der Waals surface area contributed by atoms with Crippen LogP contribution in [0.25, 0.3) is 0 Å². The second kappa shape index (κ2) is 6.50. The van der Waals surface area contributed by atoms with Crippen molar-refractivity contribution < 1.29 is 9.22 Å². The van der Waals surface area contributed by atoms with E-state index in [1.165, 1.54) is 0 Å². The molecule has 0 aromatic rings. The van der Waals surface area contributed by atoms with E-state index in [9.17, 15) is 4.79 Å². The minimum atomic E-state index is -1.74. The quantitative estimate of drug-likeness (QED) is 0.385. The van der Waals surface area contributed by atoms with E-state index in [1.807, 2.05) is 0 Å². The molecule has 17 heavy (non-hydrogen) atoms. The van der Waals surface area contributed by atoms with Crippen LogP contribution >= 0.6 is 0 Å². The second-order valence-corrected chi connectivity index (χ2v) is 11.0. The molecule has 0 N–H and O–H groups in total. The van der Waals surface area contributed by atoms with Gasteiger partial charge in [-0.1, -0.05) is 40.7 Å². The molecular formula is C14H28O2Si. The number of rotatable bonds is 7. The van der Waals surface area contributed by atoms with Gasteiger partial charge in [-0.2, -0.15) is 0 Å². The highest BCUT2D eigenvalue weighted by Gasteiger charge is 2.38. The summed E-state index contributed by atoms with van der Waals surface area (Å²) in [5, 5.41) is 0.210. The van der Waals surface area contributed by atoms with E-state index in [2.05, 4.69) is 47.4 Å². The summed E-state index contributed by atoms with van der Waals surface area (Å²) in [4.78, 5) is 10.7. The van der Waals surface area contributed by atoms with E-state index in [4.69, 9.17) is 4.43 Å². The van der Waals surface area contributed by atoms with Gasteiger partial charge >= 0.3 is 0 Å². The number of aldehydes is 1. The van der Waals surface area contributed by atoms with Crippen LogP contribution in [0.15, 0.2) is 12.2 Å². The summed E-state index contributed by atoms with van der Waals surface area (Å²) in [6.45, 7) is 17.1. The molecule has 0 aliphatic heterocycles. The van der Waals surface area contributed by atoms with Crippen LogP contribution in [0.4, 0.5) is 0 Å². The van der Waals surface area contributed by atoms with E-state index in [0.29, 0.717) is 12.0 Å². The van der Waals surface area contributed by atoms with Crippen LogP contribution in [-0.4, -0.2) is 20.7 Å². The first-order valence-electron chi connectivity index (χ1n) is 6.44. The number of hydrogen-bond donors (Lipinski definition) is 0. The van der Waals surface area contributed by atoms with E-state index in [1.54, 1.807) is 0 Å². The summed E-state index contributed by atoms with van der Waals surface area (Å²) in [5.74, 6) is 0. The van der Waals surface area contributed by atoms with Gasteiger partial charge in [-0.25, -0.2) is 0 Å². The molecule has 0 amide bonds. The fraction of sp³-hybridized carbons (Fsp3) is 0.786. The molecule has 100 valence electrons. The Morgan fingerprint density at radius 2 is 1.94 bits per heavy atom. The lowest BCUT2D eigenvalue weighted by Gasteiger charge is -2.39. The van der Waals surface area contributed by atoms with Crippen LogP contribution in [0.1, 0.15) is 47.0 Å². The number of hydrogen-bond acceptors (Lipinski definition) is 2. The van der Waals surface area contributed by atoms with Crippen molar-refractivity contribution in [3.05, 3.63) is 12.2 Å². The molecule has 0 aliphatic rings. The first-order chi connectivity index (χ1) is 7.64. The maximum absolute atomic E-state index is 10.7. The van der Waals surface area contributed by atoms with Gasteiger partial charge in [-0.05, 0) is 36.5 Å². The van der Waals surface area contributed by atoms with Crippen LogP contribution in [0, 0.1) is 0 Å². The Morgan fingerprint density at radius 3 is 2.29 bits per heavy atom. The van der Waals surface area contributed by atoms with E-state index in [0.717, 1.165) is 19.1 Å². The van der Waals surface area contributed by atoms with Gasteiger partial charge in [-0.3, -0.25) is 4.79 Å². The first-order valence-corrected chi connectivity index (χ1v) is 9.35. The lowest BCUT2D eigenvalue weighted by Crippen LogP contribution is -2.44. The third kappa shape index (κ3) is 5.64. The fourth-order valence-electron chi connectivity index (χ4n) is 1.46. The number of carbonyl (C=O) groups excluding carboxylic acids is 1. The lowest BCUT2D eigenvalue weighted by molar-refractivity contribution is -0.105. The predicted molar refractivity (Wildman–Crippen MR) is 76.8 cm³/mol. The van der Waals surface area contributed by atoms with Crippen molar-refractivity contribution in [3.63, 3.8) is 0 Å². The summed E-state index contributed by atoms with van der Waals surface area (Å²) in [7, 11) is -1.74. The van der Waals surface area contributed by atoms with Gasteiger partial charge in [0.25, 0.3) is 0 Å². The van der Waals surface area contributed by atoms with Gasteiger partial charge in [0.05, 0.1) is 0 Å². The zero-order valence-corrected chi connectivity index (χ0v) is 13.3. The molecule has 0 radical (unpaired) electrons. The third-order valence-electron chi connectivity index (χ3n) is 3.53. The first kappa shape index (κ1) is 16.6. The smallest absolute Gasteiger partial charge is 0.192 e. The molecule has 0 saturated heterocycles. The molecule has 0 aromatic carbocycles. The summed E-state index contributed by atoms with van der Waals surface area (Å²) in [6, 6.07) is 0. The van der Waals surface area contributed by atoms with Crippen molar-refractivity contribution >= 4 is 14.6 Å². The van der Waals surface area contributed by atoms with Gasteiger partial charge in [0, 0.05) is 6.10 Å². The number of carbonyl (C=O) groups is 1. The van der Waals surface area contributed by atoms with Crippen molar-refractivity contribution in [3.8, 4) is 0 Å². The van der Waals surface area contributed by atoms with Gasteiger partial charge in [-0.15, -0.1) is 0 Å². The summed E-state index contributed by atoms with van der Waals surface area (Å²) in [5.41, 5.74) is 0.641. The maximum atomic E-state index is 10.7. The van der Waals surface area contributed by atoms with E-state index >= 15 is 0 Å². The minimum Gasteiger partial charge on any atom is -0.414 e. The molecule has 0 fully saturated rings. The highest BCUT2D eigenvalue weighted by molar-refractivity contribution is 6.74. The normalized spacial score (nSPS) is 14.5. The summed E-state index contributed by atoms with van der Waals surface area (Å²) in [6.07, 6.45) is 3.74. The topological polar surface area (TPSA) is 26.3 Å². The van der Waals surface area contributed by atoms with Gasteiger partial charge in [0.2, 0.25) is 0 Å². The molecule has 0 aliphatic carbocycles. The Kier molecular flexibility index (Phi) is 6.34. The zero-order chi connectivity index (χ0) is 13.7. The molecule has 0 spiro atoms. The van der Waals surface area contributed by atoms with Crippen molar-refractivity contribution in [2.24, 2.45) is 0 Å². The molecule has 3 heteroatoms. The van der Waals surface area contributed by atoms with E-state index in [-0.39, 0.29) is 11.1 Å². The Bertz CT molecular complexity index is 264. The minimum absolute atomic E-state index is 0.151. The maximum Gasteiger partial charge on any atom is 0.192 e. The molecule has 2 nitrogen and oxygen atoms in total. The van der Waals surface area contributed by atoms with Crippen molar-refractivity contribution in [1.82, 2.24) is 0 Å². The zero-order valence-electron chi connectivity index (χ0n) is 12.3. The molecular weight excluding hydrogens is 228 g/mol. The highest BCUT2D eigenvalue weighted by atomic mass is 28.4. The Hall–Kier alpha value is -0.413. The van der Waals surface area contributed by atoms with E-state index < -0.39 is 8.32 Å². The van der Waals surface area contributed by atoms with Crippen molar-refractivity contribution in [2.75, 3.05) is 0 Å². The molecule has 0 bridgehead atoms. The van der Waals surface area contributed by atoms with Gasteiger partial charge < -0.3 is 4.43 Å². The predicted octanol–water partition coefficient (Wildman–Crippen LogP) is 4.32. The van der Waals surface area contributed by atoms with Crippen LogP contribution < -0.4 is 0 Å². The fourth-order valence-corrected chi connectivity index (χ4v) is 2.85. The van der Waals surface area contributed by atoms with Crippen LogP contribution in [0.5, 0.6) is 0 Å². The monoisotopic (exact) mass is 256 g/mol. The van der Waals surface area contributed by atoms with Crippen molar-refractivity contribution in [2.45, 2.75) is 71.2 Å². The lowest BCUT2D eigenvalue weighted by atomic mass is 10.1. The molecule has 0 aromatic heterocycles. The van der Waals surface area contributed by atoms with Gasteiger partial charge in [0.1, 0.15) is 6.29 Å². The third-order valence-corrected chi connectivity index (χ3v) is 8.07. The molecule has 0 unspecified atom stereocenters. The SMILES string of the molecule is C=C(C=O)C[C@@H](CCC)O[Si](C)(C)C(C)(C)C. The Morgan fingerprint density at radius 1 is 1.41 bits per heavy atom. The summed E-state index contributed by atoms with van der Waals surface area (Å²) >= 11 is 0. The largest absolute Gasteiger partial charge is 0.414 e. The standard InChI is InChI=1S/C14H28O2Si/c1-8-9-13(10-12(2)11-15)16-17(6,7)14(3,4)5/h11,13H,2,8-10H2,1,3-7H3/t13-/m1/s1. The summed E-state index contributed by atoms with van der Waals surface area (Å²) < 4.78 is 6.33. The average Bonchev–Trinajstić information content (AvgIpc) is 2.15. The van der Waals surface area contributed by atoms with Crippen LogP contribution in [-0.2, 0) is 9.22 Å². The van der Waals surface area contributed by atoms with Crippen LogP contribution in [0.2, 0.25) is 18.1 Å². The Labute approximate surface area is 108 Å². The van der Waals surface area contributed by atoms with Crippen molar-refractivity contribution in [1.29, 1.82) is 0 Å². The molecule has 1 atom stereocenters. The average molecular weight is 256 g/mol. The molecule has 0 heterocycles. The van der Waals surface area contributed by atoms with Crippen LogP contribution in [0.3, 0.4) is 0 Å². The second-order valence-electron chi connectivity index (χ2n) is 6.27. The molecule has 0 rings (SSSR count). The molecule has 0 saturated carbocycles. The highest BCUT2D eigenvalue weighted by Crippen LogP contribution is 2.38.